The molecule has 2 aromatic carbocycles. The zero-order valence-corrected chi connectivity index (χ0v) is 11.9. The van der Waals surface area contributed by atoms with Gasteiger partial charge in [0, 0.05) is 12.1 Å². The van der Waals surface area contributed by atoms with Gasteiger partial charge in [-0.15, -0.1) is 0 Å². The Hall–Kier alpha value is -2.19. The van der Waals surface area contributed by atoms with Crippen LogP contribution in [-0.2, 0) is 6.54 Å². The molecule has 0 N–H and O–H groups in total. The van der Waals surface area contributed by atoms with Crippen LogP contribution in [0.1, 0.15) is 21.5 Å². The Morgan fingerprint density at radius 1 is 1.00 bits per heavy atom. The normalized spacial score (nSPS) is 11.2. The Labute approximate surface area is 120 Å². The van der Waals surface area contributed by atoms with E-state index in [0.717, 1.165) is 12.1 Å². The van der Waals surface area contributed by atoms with Crippen molar-refractivity contribution in [3.05, 3.63) is 77.4 Å². The molecule has 0 unspecified atom stereocenters. The van der Waals surface area contributed by atoms with Crippen LogP contribution in [0.25, 0.3) is 6.08 Å². The largest absolute Gasteiger partial charge is 0.305 e. The number of hydrogen-bond acceptors (Lipinski definition) is 2. The second kappa shape index (κ2) is 6.83. The van der Waals surface area contributed by atoms with E-state index in [1.165, 1.54) is 5.56 Å². The smallest absolute Gasteiger partial charge is 0.185 e. The molecule has 0 aliphatic carbocycles. The highest BCUT2D eigenvalue weighted by molar-refractivity contribution is 6.06. The molecule has 2 heteroatoms. The van der Waals surface area contributed by atoms with Crippen molar-refractivity contribution in [1.82, 2.24) is 4.90 Å². The summed E-state index contributed by atoms with van der Waals surface area (Å²) >= 11 is 0. The van der Waals surface area contributed by atoms with Gasteiger partial charge in [0.05, 0.1) is 0 Å². The molecule has 0 atom stereocenters. The fourth-order valence-electron chi connectivity index (χ4n) is 1.97. The van der Waals surface area contributed by atoms with Crippen LogP contribution in [0, 0.1) is 0 Å². The number of ketones is 1. The minimum absolute atomic E-state index is 0.0305. The van der Waals surface area contributed by atoms with Gasteiger partial charge in [-0.25, -0.2) is 0 Å². The highest BCUT2D eigenvalue weighted by Crippen LogP contribution is 2.09. The lowest BCUT2D eigenvalue weighted by molar-refractivity contribution is 0.104. The second-order valence-electron chi connectivity index (χ2n) is 5.04. The van der Waals surface area contributed by atoms with Crippen molar-refractivity contribution in [3.63, 3.8) is 0 Å². The van der Waals surface area contributed by atoms with Crippen molar-refractivity contribution in [2.75, 3.05) is 14.1 Å². The molecule has 0 radical (unpaired) electrons. The first kappa shape index (κ1) is 14.2. The number of hydrogen-bond donors (Lipinski definition) is 0. The lowest BCUT2D eigenvalue weighted by Crippen LogP contribution is -2.10. The summed E-state index contributed by atoms with van der Waals surface area (Å²) in [5.41, 5.74) is 3.02. The van der Waals surface area contributed by atoms with Crippen LogP contribution in [0.5, 0.6) is 0 Å². The summed E-state index contributed by atoms with van der Waals surface area (Å²) in [6.07, 6.45) is 3.48. The maximum atomic E-state index is 11.9. The molecule has 20 heavy (non-hydrogen) atoms. The van der Waals surface area contributed by atoms with E-state index in [1.807, 2.05) is 62.6 Å². The molecule has 0 heterocycles. The predicted octanol–water partition coefficient (Wildman–Crippen LogP) is 3.64. The Bertz CT molecular complexity index is 583. The third-order valence-corrected chi connectivity index (χ3v) is 2.96. The maximum absolute atomic E-state index is 11.9. The van der Waals surface area contributed by atoms with Gasteiger partial charge >= 0.3 is 0 Å². The number of nitrogens with zero attached hydrogens (tertiary/aromatic N) is 1. The van der Waals surface area contributed by atoms with Crippen molar-refractivity contribution < 1.29 is 4.79 Å². The molecular formula is C18H19NO. The highest BCUT2D eigenvalue weighted by Gasteiger charge is 1.99. The molecule has 2 nitrogen and oxygen atoms in total. The van der Waals surface area contributed by atoms with Gasteiger partial charge in [0.15, 0.2) is 5.78 Å². The standard InChI is InChI=1S/C18H19NO/c1-19(2)14-16-10-8-15(9-11-16)12-13-18(20)17-6-4-3-5-7-17/h3-13H,14H2,1-2H3. The number of benzene rings is 2. The summed E-state index contributed by atoms with van der Waals surface area (Å²) in [7, 11) is 4.10. The number of allylic oxidation sites excluding steroid dienone is 1. The van der Waals surface area contributed by atoms with Crippen LogP contribution >= 0.6 is 0 Å². The van der Waals surface area contributed by atoms with E-state index in [4.69, 9.17) is 0 Å². The van der Waals surface area contributed by atoms with Gasteiger partial charge in [-0.3, -0.25) is 4.79 Å². The van der Waals surface area contributed by atoms with Crippen molar-refractivity contribution in [2.45, 2.75) is 6.54 Å². The van der Waals surface area contributed by atoms with Crippen molar-refractivity contribution in [2.24, 2.45) is 0 Å². The third kappa shape index (κ3) is 4.18. The van der Waals surface area contributed by atoms with Crippen LogP contribution in [-0.4, -0.2) is 24.8 Å². The van der Waals surface area contributed by atoms with Crippen LogP contribution in [0.4, 0.5) is 0 Å². The fourth-order valence-corrected chi connectivity index (χ4v) is 1.97. The van der Waals surface area contributed by atoms with E-state index in [-0.39, 0.29) is 5.78 Å². The number of carbonyl (C=O) groups is 1. The first-order valence-electron chi connectivity index (χ1n) is 6.66. The van der Waals surface area contributed by atoms with Gasteiger partial charge in [-0.2, -0.15) is 0 Å². The van der Waals surface area contributed by atoms with Crippen LogP contribution in [0.3, 0.4) is 0 Å². The molecule has 0 fully saturated rings. The molecular weight excluding hydrogens is 246 g/mol. The summed E-state index contributed by atoms with van der Waals surface area (Å²) < 4.78 is 0. The van der Waals surface area contributed by atoms with Crippen molar-refractivity contribution >= 4 is 11.9 Å². The molecule has 0 aliphatic rings. The van der Waals surface area contributed by atoms with Gasteiger partial charge in [0.2, 0.25) is 0 Å². The zero-order valence-electron chi connectivity index (χ0n) is 11.9. The van der Waals surface area contributed by atoms with Crippen molar-refractivity contribution in [1.29, 1.82) is 0 Å². The van der Waals surface area contributed by atoms with E-state index >= 15 is 0 Å². The summed E-state index contributed by atoms with van der Waals surface area (Å²) in [6.45, 7) is 0.924. The van der Waals surface area contributed by atoms with Crippen LogP contribution in [0.15, 0.2) is 60.7 Å². The average molecular weight is 265 g/mol. The molecule has 0 spiro atoms. The zero-order chi connectivity index (χ0) is 14.4. The van der Waals surface area contributed by atoms with Gasteiger partial charge in [-0.1, -0.05) is 60.7 Å². The van der Waals surface area contributed by atoms with Crippen LogP contribution in [0.2, 0.25) is 0 Å². The summed E-state index contributed by atoms with van der Waals surface area (Å²) in [5.74, 6) is 0.0305. The monoisotopic (exact) mass is 265 g/mol. The Kier molecular flexibility index (Phi) is 4.85. The summed E-state index contributed by atoms with van der Waals surface area (Å²) in [4.78, 5) is 14.1. The van der Waals surface area contributed by atoms with E-state index in [2.05, 4.69) is 17.0 Å². The van der Waals surface area contributed by atoms with E-state index in [9.17, 15) is 4.79 Å². The molecule has 0 aromatic heterocycles. The number of carbonyl (C=O) groups excluding carboxylic acids is 1. The average Bonchev–Trinajstić information content (AvgIpc) is 2.46. The minimum atomic E-state index is 0.0305. The van der Waals surface area contributed by atoms with Crippen LogP contribution < -0.4 is 0 Å². The van der Waals surface area contributed by atoms with Gasteiger partial charge in [0.25, 0.3) is 0 Å². The van der Waals surface area contributed by atoms with Gasteiger partial charge in [0.1, 0.15) is 0 Å². The lowest BCUT2D eigenvalue weighted by atomic mass is 10.1. The summed E-state index contributed by atoms with van der Waals surface area (Å²) in [6, 6.07) is 17.6. The quantitative estimate of drug-likeness (QED) is 0.607. The van der Waals surface area contributed by atoms with E-state index in [1.54, 1.807) is 6.08 Å². The maximum Gasteiger partial charge on any atom is 0.185 e. The molecule has 0 amide bonds. The molecule has 0 saturated carbocycles. The Morgan fingerprint density at radius 2 is 1.65 bits per heavy atom. The predicted molar refractivity (Wildman–Crippen MR) is 83.6 cm³/mol. The molecule has 0 saturated heterocycles. The third-order valence-electron chi connectivity index (χ3n) is 2.96. The molecule has 0 aliphatic heterocycles. The molecule has 0 bridgehead atoms. The van der Waals surface area contributed by atoms with E-state index < -0.39 is 0 Å². The topological polar surface area (TPSA) is 20.3 Å². The minimum Gasteiger partial charge on any atom is -0.305 e. The highest BCUT2D eigenvalue weighted by atomic mass is 16.1. The fraction of sp³-hybridized carbons (Fsp3) is 0.167. The first-order chi connectivity index (χ1) is 9.65. The SMILES string of the molecule is CN(C)Cc1ccc(C=CC(=O)c2ccccc2)cc1. The molecule has 102 valence electrons. The van der Waals surface area contributed by atoms with Gasteiger partial charge in [-0.05, 0) is 31.3 Å². The van der Waals surface area contributed by atoms with Crippen molar-refractivity contribution in [3.8, 4) is 0 Å². The lowest BCUT2D eigenvalue weighted by Gasteiger charge is -2.09. The molecule has 2 aromatic rings. The first-order valence-corrected chi connectivity index (χ1v) is 6.66. The Morgan fingerprint density at radius 3 is 2.25 bits per heavy atom. The van der Waals surface area contributed by atoms with E-state index in [0.29, 0.717) is 5.56 Å². The Balaban J connectivity index is 2.03. The van der Waals surface area contributed by atoms with Gasteiger partial charge < -0.3 is 4.90 Å². The summed E-state index contributed by atoms with van der Waals surface area (Å²) in [5, 5.41) is 0. The second-order valence-corrected chi connectivity index (χ2v) is 5.04. The molecule has 2 rings (SSSR count). The number of rotatable bonds is 5.